The average Bonchev–Trinajstić information content (AvgIpc) is 2.53. The fourth-order valence-corrected chi connectivity index (χ4v) is 2.62. The summed E-state index contributed by atoms with van der Waals surface area (Å²) in [6.07, 6.45) is 0.866. The molecule has 0 bridgehead atoms. The van der Waals surface area contributed by atoms with Gasteiger partial charge in [0.2, 0.25) is 0 Å². The van der Waals surface area contributed by atoms with Crippen LogP contribution in [0.3, 0.4) is 0 Å². The number of nitrogens with zero attached hydrogens (tertiary/aromatic N) is 1. The lowest BCUT2D eigenvalue weighted by molar-refractivity contribution is 0.216. The lowest BCUT2D eigenvalue weighted by atomic mass is 9.98. The quantitative estimate of drug-likeness (QED) is 0.795. The van der Waals surface area contributed by atoms with Crippen LogP contribution < -0.4 is 4.74 Å². The molecule has 1 heterocycles. The number of hydrogen-bond donors (Lipinski definition) is 1. The zero-order valence-corrected chi connectivity index (χ0v) is 12.2. The van der Waals surface area contributed by atoms with Gasteiger partial charge in [-0.3, -0.25) is 4.98 Å². The molecule has 0 aliphatic carbocycles. The molecule has 4 heteroatoms. The van der Waals surface area contributed by atoms with Crippen molar-refractivity contribution in [3.8, 4) is 5.75 Å². The van der Waals surface area contributed by atoms with Crippen molar-refractivity contribution in [1.82, 2.24) is 4.98 Å². The van der Waals surface area contributed by atoms with E-state index in [-0.39, 0.29) is 0 Å². The summed E-state index contributed by atoms with van der Waals surface area (Å²) in [6, 6.07) is 14.8. The van der Waals surface area contributed by atoms with Crippen LogP contribution in [-0.2, 0) is 0 Å². The van der Waals surface area contributed by atoms with E-state index < -0.39 is 6.10 Å². The van der Waals surface area contributed by atoms with Crippen LogP contribution in [0.25, 0.3) is 10.9 Å². The van der Waals surface area contributed by atoms with Crippen molar-refractivity contribution in [3.05, 3.63) is 70.9 Å². The molecule has 3 rings (SSSR count). The Morgan fingerprint density at radius 2 is 1.90 bits per heavy atom. The summed E-state index contributed by atoms with van der Waals surface area (Å²) in [7, 11) is 1.57. The molecule has 3 nitrogen and oxygen atoms in total. The molecule has 1 atom stereocenters. The maximum absolute atomic E-state index is 10.7. The molecule has 0 aliphatic heterocycles. The van der Waals surface area contributed by atoms with E-state index in [1.165, 1.54) is 0 Å². The maximum atomic E-state index is 10.7. The van der Waals surface area contributed by atoms with Gasteiger partial charge in [0.15, 0.2) is 0 Å². The topological polar surface area (TPSA) is 42.4 Å². The van der Waals surface area contributed by atoms with Crippen LogP contribution in [0.15, 0.2) is 54.7 Å². The van der Waals surface area contributed by atoms with E-state index in [2.05, 4.69) is 4.98 Å². The second-order valence-electron chi connectivity index (χ2n) is 4.71. The van der Waals surface area contributed by atoms with Gasteiger partial charge in [0, 0.05) is 27.7 Å². The SMILES string of the molecule is COc1ccc(Cl)cc1C(O)c1cccc2cccnc12. The predicted octanol–water partition coefficient (Wildman–Crippen LogP) is 3.98. The Hall–Kier alpha value is -2.10. The average molecular weight is 300 g/mol. The van der Waals surface area contributed by atoms with Gasteiger partial charge < -0.3 is 9.84 Å². The van der Waals surface area contributed by atoms with Crippen LogP contribution in [0.2, 0.25) is 5.02 Å². The lowest BCUT2D eigenvalue weighted by Gasteiger charge is -2.16. The van der Waals surface area contributed by atoms with E-state index in [0.717, 1.165) is 16.5 Å². The van der Waals surface area contributed by atoms with E-state index in [0.29, 0.717) is 16.3 Å². The van der Waals surface area contributed by atoms with Crippen molar-refractivity contribution in [3.63, 3.8) is 0 Å². The van der Waals surface area contributed by atoms with Crippen LogP contribution in [-0.4, -0.2) is 17.2 Å². The van der Waals surface area contributed by atoms with Gasteiger partial charge in [-0.25, -0.2) is 0 Å². The molecule has 0 saturated heterocycles. The standard InChI is InChI=1S/C17H14ClNO2/c1-21-15-8-7-12(18)10-14(15)17(20)13-6-2-4-11-5-3-9-19-16(11)13/h2-10,17,20H,1H3. The normalized spacial score (nSPS) is 12.3. The van der Waals surface area contributed by atoms with Gasteiger partial charge in [-0.15, -0.1) is 0 Å². The molecule has 0 radical (unpaired) electrons. The fourth-order valence-electron chi connectivity index (χ4n) is 2.43. The Morgan fingerprint density at radius 1 is 1.10 bits per heavy atom. The molecule has 0 fully saturated rings. The minimum Gasteiger partial charge on any atom is -0.496 e. The van der Waals surface area contributed by atoms with Gasteiger partial charge in [-0.2, -0.15) is 0 Å². The van der Waals surface area contributed by atoms with E-state index in [1.54, 1.807) is 31.5 Å². The van der Waals surface area contributed by atoms with Gasteiger partial charge in [0.05, 0.1) is 12.6 Å². The third-order valence-corrected chi connectivity index (χ3v) is 3.68. The van der Waals surface area contributed by atoms with Crippen LogP contribution >= 0.6 is 11.6 Å². The van der Waals surface area contributed by atoms with E-state index in [9.17, 15) is 5.11 Å². The Balaban J connectivity index is 2.17. The number of aliphatic hydroxyl groups excluding tert-OH is 1. The summed E-state index contributed by atoms with van der Waals surface area (Å²) >= 11 is 6.04. The van der Waals surface area contributed by atoms with Crippen molar-refractivity contribution < 1.29 is 9.84 Å². The largest absolute Gasteiger partial charge is 0.496 e. The van der Waals surface area contributed by atoms with Crippen LogP contribution in [0, 0.1) is 0 Å². The highest BCUT2D eigenvalue weighted by molar-refractivity contribution is 6.30. The first-order chi connectivity index (χ1) is 10.2. The maximum Gasteiger partial charge on any atom is 0.125 e. The molecule has 21 heavy (non-hydrogen) atoms. The van der Waals surface area contributed by atoms with Gasteiger partial charge in [0.1, 0.15) is 11.9 Å². The number of methoxy groups -OCH3 is 1. The summed E-state index contributed by atoms with van der Waals surface area (Å²) in [5, 5.41) is 12.3. The zero-order valence-electron chi connectivity index (χ0n) is 11.5. The zero-order chi connectivity index (χ0) is 14.8. The number of rotatable bonds is 3. The van der Waals surface area contributed by atoms with E-state index in [4.69, 9.17) is 16.3 Å². The van der Waals surface area contributed by atoms with E-state index in [1.807, 2.05) is 30.3 Å². The number of benzene rings is 2. The molecule has 0 amide bonds. The van der Waals surface area contributed by atoms with Crippen molar-refractivity contribution in [2.75, 3.05) is 7.11 Å². The van der Waals surface area contributed by atoms with Gasteiger partial charge in [-0.05, 0) is 24.3 Å². The minimum atomic E-state index is -0.850. The number of aromatic nitrogens is 1. The van der Waals surface area contributed by atoms with E-state index >= 15 is 0 Å². The third kappa shape index (κ3) is 2.58. The van der Waals surface area contributed by atoms with Gasteiger partial charge in [-0.1, -0.05) is 35.9 Å². The van der Waals surface area contributed by atoms with Gasteiger partial charge in [0.25, 0.3) is 0 Å². The highest BCUT2D eigenvalue weighted by Gasteiger charge is 2.18. The summed E-state index contributed by atoms with van der Waals surface area (Å²) in [5.74, 6) is 0.597. The first-order valence-electron chi connectivity index (χ1n) is 6.56. The van der Waals surface area contributed by atoms with Crippen LogP contribution in [0.4, 0.5) is 0 Å². The molecule has 106 valence electrons. The minimum absolute atomic E-state index is 0.554. The molecule has 2 aromatic carbocycles. The molecule has 0 aliphatic rings. The smallest absolute Gasteiger partial charge is 0.125 e. The Bertz CT molecular complexity index is 783. The van der Waals surface area contributed by atoms with Crippen molar-refractivity contribution in [2.24, 2.45) is 0 Å². The summed E-state index contributed by atoms with van der Waals surface area (Å²) in [4.78, 5) is 4.37. The first kappa shape index (κ1) is 13.9. The monoisotopic (exact) mass is 299 g/mol. The molecule has 1 N–H and O–H groups in total. The highest BCUT2D eigenvalue weighted by Crippen LogP contribution is 2.34. The van der Waals surface area contributed by atoms with Crippen LogP contribution in [0.5, 0.6) is 5.75 Å². The molecular weight excluding hydrogens is 286 g/mol. The number of ether oxygens (including phenoxy) is 1. The Kier molecular flexibility index (Phi) is 3.78. The summed E-state index contributed by atoms with van der Waals surface area (Å²) in [5.41, 5.74) is 2.13. The number of hydrogen-bond acceptors (Lipinski definition) is 3. The predicted molar refractivity (Wildman–Crippen MR) is 83.8 cm³/mol. The Labute approximate surface area is 127 Å². The molecule has 0 spiro atoms. The lowest BCUT2D eigenvalue weighted by Crippen LogP contribution is -2.04. The number of fused-ring (bicyclic) bond motifs is 1. The fraction of sp³-hybridized carbons (Fsp3) is 0.118. The van der Waals surface area contributed by atoms with Crippen molar-refractivity contribution in [1.29, 1.82) is 0 Å². The number of para-hydroxylation sites is 1. The summed E-state index contributed by atoms with van der Waals surface area (Å²) < 4.78 is 5.32. The van der Waals surface area contributed by atoms with Crippen LogP contribution in [0.1, 0.15) is 17.2 Å². The second kappa shape index (κ2) is 5.72. The molecule has 3 aromatic rings. The van der Waals surface area contributed by atoms with Crippen molar-refractivity contribution in [2.45, 2.75) is 6.10 Å². The second-order valence-corrected chi connectivity index (χ2v) is 5.15. The Morgan fingerprint density at radius 3 is 2.71 bits per heavy atom. The number of aliphatic hydroxyl groups is 1. The highest BCUT2D eigenvalue weighted by atomic mass is 35.5. The van der Waals surface area contributed by atoms with Crippen molar-refractivity contribution >= 4 is 22.5 Å². The third-order valence-electron chi connectivity index (χ3n) is 3.44. The molecular formula is C17H14ClNO2. The number of halogens is 1. The van der Waals surface area contributed by atoms with Gasteiger partial charge >= 0.3 is 0 Å². The first-order valence-corrected chi connectivity index (χ1v) is 6.93. The number of pyridine rings is 1. The molecule has 1 unspecified atom stereocenters. The molecule has 0 saturated carbocycles. The molecule has 1 aromatic heterocycles. The summed E-state index contributed by atoms with van der Waals surface area (Å²) in [6.45, 7) is 0.